The van der Waals surface area contributed by atoms with Crippen LogP contribution in [0.4, 0.5) is 17.3 Å². The van der Waals surface area contributed by atoms with Gasteiger partial charge in [0.2, 0.25) is 0 Å². The van der Waals surface area contributed by atoms with E-state index in [2.05, 4.69) is 79.1 Å². The van der Waals surface area contributed by atoms with E-state index in [1.54, 1.807) is 3.58 Å². The van der Waals surface area contributed by atoms with E-state index in [0.717, 1.165) is 0 Å². The largest absolute Gasteiger partial charge is 0.673 e. The summed E-state index contributed by atoms with van der Waals surface area (Å²) >= 11 is -2.27. The second-order valence-electron chi connectivity index (χ2n) is 7.77. The maximum absolute atomic E-state index is 9.75. The zero-order chi connectivity index (χ0) is 21.8. The summed E-state index contributed by atoms with van der Waals surface area (Å²) in [5.74, 6) is 0. The average molecular weight is 521 g/mol. The first-order valence-corrected chi connectivity index (χ1v) is 18.1. The Kier molecular flexibility index (Phi) is 12.0. The Balaban J connectivity index is 0.000000749. The van der Waals surface area contributed by atoms with Gasteiger partial charge in [0.05, 0.1) is 0 Å². The fraction of sp³-hybridized carbons (Fsp3) is 0.571. The van der Waals surface area contributed by atoms with E-state index >= 15 is 0 Å². The smallest absolute Gasteiger partial charge is 0.418 e. The molecule has 2 nitrogen and oxygen atoms in total. The maximum Gasteiger partial charge on any atom is 0.673 e. The third-order valence-electron chi connectivity index (χ3n) is 5.30. The third-order valence-corrected chi connectivity index (χ3v) is 21.0. The molecule has 0 aliphatic rings. The quantitative estimate of drug-likeness (QED) is 0.196. The van der Waals surface area contributed by atoms with Crippen LogP contribution < -0.4 is 8.15 Å². The summed E-state index contributed by atoms with van der Waals surface area (Å²) in [6.07, 6.45) is 13.4. The van der Waals surface area contributed by atoms with E-state index in [4.69, 9.17) is 0 Å². The number of hydrogen-bond acceptors (Lipinski definition) is 0. The molecule has 0 saturated heterocycles. The van der Waals surface area contributed by atoms with Crippen LogP contribution in [0.25, 0.3) is 0 Å². The van der Waals surface area contributed by atoms with E-state index < -0.39 is 25.6 Å². The van der Waals surface area contributed by atoms with E-state index in [0.29, 0.717) is 0 Å². The van der Waals surface area contributed by atoms with Crippen LogP contribution in [0, 0.1) is 0 Å². The van der Waals surface area contributed by atoms with Crippen LogP contribution in [-0.2, 0) is 13.6 Å². The van der Waals surface area contributed by atoms with Gasteiger partial charge in [-0.05, 0) is 0 Å². The molecule has 2 rings (SSSR count). The number of nitrogens with zero attached hydrogens (tertiary/aromatic N) is 2. The van der Waals surface area contributed by atoms with E-state index in [1.165, 1.54) is 52.0 Å². The Morgan fingerprint density at radius 1 is 0.897 bits per heavy atom. The van der Waals surface area contributed by atoms with E-state index in [9.17, 15) is 17.3 Å². The van der Waals surface area contributed by atoms with Crippen molar-refractivity contribution in [3.63, 3.8) is 0 Å². The fourth-order valence-corrected chi connectivity index (χ4v) is 19.3. The molecule has 29 heavy (non-hydrogen) atoms. The summed E-state index contributed by atoms with van der Waals surface area (Å²) in [5, 5.41) is 0. The summed E-state index contributed by atoms with van der Waals surface area (Å²) in [6, 6.07) is 11.6. The minimum Gasteiger partial charge on any atom is -0.418 e. The first-order valence-electron chi connectivity index (χ1n) is 10.6. The normalized spacial score (nSPS) is 11.8. The number of imidazole rings is 1. The minimum atomic E-state index is -6.00. The fourth-order valence-electron chi connectivity index (χ4n) is 3.86. The number of halogens is 4. The summed E-state index contributed by atoms with van der Waals surface area (Å²) in [6.45, 7) is 5.87. The van der Waals surface area contributed by atoms with Crippen molar-refractivity contribution >= 4 is 29.2 Å². The van der Waals surface area contributed by atoms with Gasteiger partial charge in [0.25, 0.3) is 0 Å². The molecule has 1 aromatic heterocycles. The molecule has 0 saturated carbocycles. The molecule has 164 valence electrons. The molecule has 0 unspecified atom stereocenters. The van der Waals surface area contributed by atoms with Crippen molar-refractivity contribution in [3.8, 4) is 0 Å². The van der Waals surface area contributed by atoms with Crippen LogP contribution in [0.15, 0.2) is 49.1 Å². The van der Waals surface area contributed by atoms with Gasteiger partial charge in [-0.25, -0.2) is 0 Å². The van der Waals surface area contributed by atoms with Crippen molar-refractivity contribution in [3.05, 3.63) is 49.1 Å². The van der Waals surface area contributed by atoms with Crippen molar-refractivity contribution in [2.24, 2.45) is 7.05 Å². The second-order valence-corrected chi connectivity index (χ2v) is 21.0. The molecular weight excluding hydrogens is 486 g/mol. The molecule has 0 fully saturated rings. The van der Waals surface area contributed by atoms with Gasteiger partial charge in [-0.1, -0.05) is 0 Å². The summed E-state index contributed by atoms with van der Waals surface area (Å²) in [4.78, 5) is 0. The van der Waals surface area contributed by atoms with Crippen LogP contribution in [-0.4, -0.2) is 30.2 Å². The topological polar surface area (TPSA) is 8.81 Å². The number of benzene rings is 1. The molecule has 8 heteroatoms. The molecule has 0 radical (unpaired) electrons. The molecule has 0 spiro atoms. The number of unbranched alkanes of at least 4 members (excludes halogenated alkanes) is 2. The Labute approximate surface area is 177 Å². The number of rotatable bonds is 11. The van der Waals surface area contributed by atoms with Gasteiger partial charge < -0.3 is 17.3 Å². The van der Waals surface area contributed by atoms with Gasteiger partial charge in [-0.15, -0.1) is 0 Å². The second kappa shape index (κ2) is 13.3. The van der Waals surface area contributed by atoms with Gasteiger partial charge >= 0.3 is 160 Å². The molecular formula is C21H35BF4N2Sn. The first kappa shape index (κ1) is 26.0. The summed E-state index contributed by atoms with van der Waals surface area (Å²) < 4.78 is 49.8. The number of aryl methyl sites for hydroxylation is 2. The third kappa shape index (κ3) is 11.1. The standard InChI is InChI=1S/C7H12N2.C6H5.2C4H9.BF4.Sn/c1-3-4-9-6-5-8(2)7-9;1-2-4-6-5-3-1;2*1-3-4-2;2-1(3,4)5;/h5-7H,1,3-4H2,2H3;1-5H;2*1,3-4H2,2H3;;/q+1;;;;-1;. The molecule has 0 amide bonds. The Morgan fingerprint density at radius 3 is 1.86 bits per heavy atom. The molecule has 0 atom stereocenters. The Morgan fingerprint density at radius 2 is 1.41 bits per heavy atom. The molecule has 1 heterocycles. The predicted molar refractivity (Wildman–Crippen MR) is 116 cm³/mol. The zero-order valence-electron chi connectivity index (χ0n) is 18.0. The maximum atomic E-state index is 9.75. The number of hydrogen-bond donors (Lipinski definition) is 0. The first-order chi connectivity index (χ1) is 13.7. The van der Waals surface area contributed by atoms with Crippen LogP contribution in [0.1, 0.15) is 46.0 Å². The Hall–Kier alpha value is -0.986. The average Bonchev–Trinajstić information content (AvgIpc) is 3.08. The summed E-state index contributed by atoms with van der Waals surface area (Å²) in [7, 11) is -3.90. The monoisotopic (exact) mass is 522 g/mol. The molecule has 0 bridgehead atoms. The Bertz CT molecular complexity index is 663. The van der Waals surface area contributed by atoms with Crippen LogP contribution in [0.2, 0.25) is 13.3 Å². The van der Waals surface area contributed by atoms with E-state index in [1.807, 2.05) is 0 Å². The molecule has 2 aromatic rings. The summed E-state index contributed by atoms with van der Waals surface area (Å²) in [5.41, 5.74) is 0. The van der Waals surface area contributed by atoms with Crippen LogP contribution in [0.3, 0.4) is 0 Å². The molecule has 0 N–H and O–H groups in total. The van der Waals surface area contributed by atoms with Crippen molar-refractivity contribution in [1.29, 1.82) is 0 Å². The predicted octanol–water partition coefficient (Wildman–Crippen LogP) is 5.96. The van der Waals surface area contributed by atoms with Crippen LogP contribution in [0.5, 0.6) is 0 Å². The molecule has 1 aromatic carbocycles. The van der Waals surface area contributed by atoms with Gasteiger partial charge in [0.15, 0.2) is 0 Å². The minimum absolute atomic E-state index is 1.17. The number of aromatic nitrogens is 2. The van der Waals surface area contributed by atoms with Crippen molar-refractivity contribution in [1.82, 2.24) is 4.57 Å². The molecule has 0 aliphatic carbocycles. The molecule has 0 aliphatic heterocycles. The van der Waals surface area contributed by atoms with Gasteiger partial charge in [-0.3, -0.25) is 0 Å². The van der Waals surface area contributed by atoms with Gasteiger partial charge in [0.1, 0.15) is 0 Å². The zero-order valence-corrected chi connectivity index (χ0v) is 20.8. The van der Waals surface area contributed by atoms with Gasteiger partial charge in [-0.2, -0.15) is 0 Å². The van der Waals surface area contributed by atoms with E-state index in [-0.39, 0.29) is 0 Å². The van der Waals surface area contributed by atoms with Crippen molar-refractivity contribution in [2.45, 2.75) is 65.8 Å². The van der Waals surface area contributed by atoms with Crippen LogP contribution >= 0.6 is 0 Å². The van der Waals surface area contributed by atoms with Crippen molar-refractivity contribution in [2.75, 3.05) is 0 Å². The van der Waals surface area contributed by atoms with Crippen molar-refractivity contribution < 1.29 is 21.8 Å². The van der Waals surface area contributed by atoms with Gasteiger partial charge in [0, 0.05) is 0 Å². The SMILES string of the molecule is CCC[CH2][Sn]([CH2]CCC)([CH2]CCn1cc[n+](C)c1)[c]1ccccc1.F[B-](F)(F)F.